The van der Waals surface area contributed by atoms with Gasteiger partial charge in [0.2, 0.25) is 0 Å². The third kappa shape index (κ3) is 4.00. The molecule has 0 saturated carbocycles. The Bertz CT molecular complexity index is 629. The fourth-order valence-corrected chi connectivity index (χ4v) is 3.66. The first-order valence-electron chi connectivity index (χ1n) is 8.39. The molecule has 124 valence electrons. The number of thiophene rings is 1. The third-order valence-electron chi connectivity index (χ3n) is 4.29. The molecule has 5 nitrogen and oxygen atoms in total. The minimum atomic E-state index is -0.0781. The molecule has 3 heterocycles. The molecule has 1 saturated heterocycles. The van der Waals surface area contributed by atoms with Crippen molar-refractivity contribution in [3.63, 3.8) is 0 Å². The third-order valence-corrected chi connectivity index (χ3v) is 4.97. The van der Waals surface area contributed by atoms with Crippen LogP contribution < -0.4 is 5.32 Å². The van der Waals surface area contributed by atoms with Crippen LogP contribution in [0, 0.1) is 0 Å². The Balaban J connectivity index is 1.59. The molecule has 0 atom stereocenters. The van der Waals surface area contributed by atoms with E-state index in [9.17, 15) is 4.79 Å². The van der Waals surface area contributed by atoms with Crippen LogP contribution in [-0.2, 0) is 6.54 Å². The van der Waals surface area contributed by atoms with Gasteiger partial charge in [0.1, 0.15) is 0 Å². The van der Waals surface area contributed by atoms with Crippen molar-refractivity contribution in [3.8, 4) is 11.3 Å². The smallest absolute Gasteiger partial charge is 0.271 e. The lowest BCUT2D eigenvalue weighted by atomic mass is 10.1. The molecule has 0 bridgehead atoms. The zero-order chi connectivity index (χ0) is 16.1. The molecule has 23 heavy (non-hydrogen) atoms. The Labute approximate surface area is 141 Å². The van der Waals surface area contributed by atoms with Crippen LogP contribution in [0.3, 0.4) is 0 Å². The minimum absolute atomic E-state index is 0.0781. The highest BCUT2D eigenvalue weighted by atomic mass is 32.1. The van der Waals surface area contributed by atoms with Crippen molar-refractivity contribution in [1.29, 1.82) is 0 Å². The lowest BCUT2D eigenvalue weighted by molar-refractivity contribution is 0.0940. The molecule has 2 aromatic heterocycles. The molecule has 0 spiro atoms. The molecule has 0 aromatic carbocycles. The second-order valence-electron chi connectivity index (χ2n) is 5.90. The van der Waals surface area contributed by atoms with E-state index in [1.165, 1.54) is 19.3 Å². The summed E-state index contributed by atoms with van der Waals surface area (Å²) in [5.41, 5.74) is 2.64. The highest BCUT2D eigenvalue weighted by Crippen LogP contribution is 2.23. The molecule has 1 aliphatic heterocycles. The molecular formula is C17H24N4OS. The Hall–Kier alpha value is -1.66. The van der Waals surface area contributed by atoms with Crippen molar-refractivity contribution in [2.24, 2.45) is 0 Å². The van der Waals surface area contributed by atoms with Crippen molar-refractivity contribution in [2.45, 2.75) is 32.7 Å². The number of piperidine rings is 1. The number of aromatic nitrogens is 2. The molecule has 1 N–H and O–H groups in total. The van der Waals surface area contributed by atoms with Crippen LogP contribution >= 0.6 is 11.3 Å². The van der Waals surface area contributed by atoms with Gasteiger partial charge < -0.3 is 10.2 Å². The van der Waals surface area contributed by atoms with Gasteiger partial charge in [-0.05, 0) is 50.4 Å². The van der Waals surface area contributed by atoms with E-state index in [4.69, 9.17) is 0 Å². The van der Waals surface area contributed by atoms with E-state index in [-0.39, 0.29) is 5.91 Å². The van der Waals surface area contributed by atoms with Crippen LogP contribution in [0.15, 0.2) is 22.9 Å². The predicted octanol–water partition coefficient (Wildman–Crippen LogP) is 2.85. The summed E-state index contributed by atoms with van der Waals surface area (Å²) in [7, 11) is 0. The van der Waals surface area contributed by atoms with E-state index in [0.717, 1.165) is 37.4 Å². The Morgan fingerprint density at radius 1 is 1.35 bits per heavy atom. The predicted molar refractivity (Wildman–Crippen MR) is 93.8 cm³/mol. The second kappa shape index (κ2) is 7.75. The topological polar surface area (TPSA) is 50.2 Å². The van der Waals surface area contributed by atoms with E-state index in [1.54, 1.807) is 11.3 Å². The quantitative estimate of drug-likeness (QED) is 0.885. The highest BCUT2D eigenvalue weighted by Gasteiger charge is 2.15. The largest absolute Gasteiger partial charge is 0.349 e. The zero-order valence-corrected chi connectivity index (χ0v) is 14.4. The van der Waals surface area contributed by atoms with Crippen molar-refractivity contribution in [2.75, 3.05) is 26.2 Å². The first kappa shape index (κ1) is 16.2. The summed E-state index contributed by atoms with van der Waals surface area (Å²) >= 11 is 1.65. The molecule has 0 unspecified atom stereocenters. The van der Waals surface area contributed by atoms with Gasteiger partial charge in [0.05, 0.1) is 5.69 Å². The molecule has 0 aliphatic carbocycles. The summed E-state index contributed by atoms with van der Waals surface area (Å²) in [6, 6.07) is 3.95. The van der Waals surface area contributed by atoms with Gasteiger partial charge in [-0.25, -0.2) is 0 Å². The monoisotopic (exact) mass is 332 g/mol. The van der Waals surface area contributed by atoms with Crippen LogP contribution in [0.2, 0.25) is 0 Å². The first-order chi connectivity index (χ1) is 11.3. The van der Waals surface area contributed by atoms with Gasteiger partial charge in [0.15, 0.2) is 5.69 Å². The first-order valence-corrected chi connectivity index (χ1v) is 9.33. The molecule has 0 radical (unpaired) electrons. The zero-order valence-electron chi connectivity index (χ0n) is 13.6. The number of likely N-dealkylation sites (tertiary alicyclic amines) is 1. The van der Waals surface area contributed by atoms with Gasteiger partial charge in [-0.15, -0.1) is 0 Å². The summed E-state index contributed by atoms with van der Waals surface area (Å²) in [4.78, 5) is 14.8. The molecule has 1 fully saturated rings. The van der Waals surface area contributed by atoms with E-state index < -0.39 is 0 Å². The van der Waals surface area contributed by atoms with Crippen molar-refractivity contribution in [1.82, 2.24) is 20.0 Å². The molecule has 2 aromatic rings. The number of nitrogens with zero attached hydrogens (tertiary/aromatic N) is 3. The number of carbonyl (C=O) groups excluding carboxylic acids is 1. The normalized spacial score (nSPS) is 15.7. The maximum absolute atomic E-state index is 12.3. The van der Waals surface area contributed by atoms with Gasteiger partial charge in [0.25, 0.3) is 5.91 Å². The molecule has 1 aliphatic rings. The highest BCUT2D eigenvalue weighted by molar-refractivity contribution is 7.08. The minimum Gasteiger partial charge on any atom is -0.349 e. The average Bonchev–Trinajstić information content (AvgIpc) is 3.24. The number of hydrogen-bond acceptors (Lipinski definition) is 4. The SMILES string of the molecule is CCn1nc(C(=O)NCCN2CCCCC2)cc1-c1ccsc1. The van der Waals surface area contributed by atoms with E-state index in [2.05, 4.69) is 26.8 Å². The number of aryl methyl sites for hydroxylation is 1. The van der Waals surface area contributed by atoms with Crippen LogP contribution in [0.25, 0.3) is 11.3 Å². The maximum atomic E-state index is 12.3. The number of carbonyl (C=O) groups is 1. The number of rotatable bonds is 6. The number of hydrogen-bond donors (Lipinski definition) is 1. The fraction of sp³-hybridized carbons (Fsp3) is 0.529. The fourth-order valence-electron chi connectivity index (χ4n) is 3.01. The van der Waals surface area contributed by atoms with Gasteiger partial charge in [-0.1, -0.05) is 6.42 Å². The van der Waals surface area contributed by atoms with Gasteiger partial charge in [-0.3, -0.25) is 9.48 Å². The van der Waals surface area contributed by atoms with Gasteiger partial charge in [-0.2, -0.15) is 16.4 Å². The summed E-state index contributed by atoms with van der Waals surface area (Å²) in [6.07, 6.45) is 3.89. The van der Waals surface area contributed by atoms with Gasteiger partial charge in [0, 0.05) is 30.6 Å². The van der Waals surface area contributed by atoms with E-state index in [1.807, 2.05) is 23.1 Å². The molecular weight excluding hydrogens is 308 g/mol. The Kier molecular flexibility index (Phi) is 5.46. The summed E-state index contributed by atoms with van der Waals surface area (Å²) in [5, 5.41) is 11.6. The van der Waals surface area contributed by atoms with Crippen molar-refractivity contribution >= 4 is 17.2 Å². The van der Waals surface area contributed by atoms with Crippen molar-refractivity contribution < 1.29 is 4.79 Å². The molecule has 6 heteroatoms. The molecule has 1 amide bonds. The van der Waals surface area contributed by atoms with E-state index in [0.29, 0.717) is 12.2 Å². The standard InChI is InChI=1S/C17H24N4OS/c1-2-21-16(14-6-11-23-13-14)12-15(19-21)17(22)18-7-10-20-8-4-3-5-9-20/h6,11-13H,2-5,7-10H2,1H3,(H,18,22). The lowest BCUT2D eigenvalue weighted by Crippen LogP contribution is -2.37. The van der Waals surface area contributed by atoms with Crippen molar-refractivity contribution in [3.05, 3.63) is 28.6 Å². The van der Waals surface area contributed by atoms with Crippen LogP contribution in [0.5, 0.6) is 0 Å². The van der Waals surface area contributed by atoms with Crippen LogP contribution in [-0.4, -0.2) is 46.8 Å². The van der Waals surface area contributed by atoms with Crippen LogP contribution in [0.1, 0.15) is 36.7 Å². The Morgan fingerprint density at radius 3 is 2.87 bits per heavy atom. The Morgan fingerprint density at radius 2 is 2.17 bits per heavy atom. The summed E-state index contributed by atoms with van der Waals surface area (Å²) in [5.74, 6) is -0.0781. The second-order valence-corrected chi connectivity index (χ2v) is 6.68. The van der Waals surface area contributed by atoms with E-state index >= 15 is 0 Å². The average molecular weight is 332 g/mol. The van der Waals surface area contributed by atoms with Gasteiger partial charge >= 0.3 is 0 Å². The number of nitrogens with one attached hydrogen (secondary N) is 1. The summed E-state index contributed by atoms with van der Waals surface area (Å²) < 4.78 is 1.89. The number of amides is 1. The summed E-state index contributed by atoms with van der Waals surface area (Å²) in [6.45, 7) is 6.72. The molecule has 3 rings (SSSR count). The van der Waals surface area contributed by atoms with Crippen LogP contribution in [0.4, 0.5) is 0 Å². The lowest BCUT2D eigenvalue weighted by Gasteiger charge is -2.26. The maximum Gasteiger partial charge on any atom is 0.271 e.